The number of halogens is 3. The van der Waals surface area contributed by atoms with E-state index in [0.29, 0.717) is 18.3 Å². The molecule has 0 aliphatic carbocycles. The molecule has 0 saturated carbocycles. The summed E-state index contributed by atoms with van der Waals surface area (Å²) in [6.45, 7) is 5.24. The molecule has 145 valence electrons. The number of hydrogen-bond acceptors (Lipinski definition) is 3. The second-order valence-electron chi connectivity index (χ2n) is 4.49. The first-order valence-electron chi connectivity index (χ1n) is 7.25. The summed E-state index contributed by atoms with van der Waals surface area (Å²) >= 11 is 5.30. The van der Waals surface area contributed by atoms with Gasteiger partial charge < -0.3 is 57.3 Å². The Balaban J connectivity index is -0.00000132. The molecule has 2 aromatic carbocycles. The predicted molar refractivity (Wildman–Crippen MR) is 95.1 cm³/mol. The van der Waals surface area contributed by atoms with E-state index in [4.69, 9.17) is 21.7 Å². The van der Waals surface area contributed by atoms with Gasteiger partial charge in [-0.05, 0) is 74.6 Å². The summed E-state index contributed by atoms with van der Waals surface area (Å²) in [7, 11) is 0. The van der Waals surface area contributed by atoms with E-state index in [1.54, 1.807) is 0 Å². The van der Waals surface area contributed by atoms with Gasteiger partial charge in [0.1, 0.15) is 11.5 Å². The average molecular weight is 474 g/mol. The Kier molecular flexibility index (Phi) is 18.8. The molecule has 0 heterocycles. The van der Waals surface area contributed by atoms with E-state index in [1.807, 2.05) is 62.4 Å². The molecular formula is C17H20Cl3N2O2SV-3. The van der Waals surface area contributed by atoms with Crippen LogP contribution in [0.25, 0.3) is 0 Å². The van der Waals surface area contributed by atoms with Gasteiger partial charge in [-0.2, -0.15) is 0 Å². The van der Waals surface area contributed by atoms with Gasteiger partial charge in [0.15, 0.2) is 5.11 Å². The van der Waals surface area contributed by atoms with E-state index < -0.39 is 0 Å². The SMILES string of the molecule is CCOc1ccc(NC(=S)Nc2ccc(OCC)cc2)cc1.[Cl-].[Cl-].[Cl-].[V]. The molecule has 0 aromatic heterocycles. The van der Waals surface area contributed by atoms with Crippen LogP contribution in [0, 0.1) is 0 Å². The summed E-state index contributed by atoms with van der Waals surface area (Å²) in [6.07, 6.45) is 0. The molecule has 0 atom stereocenters. The van der Waals surface area contributed by atoms with Gasteiger partial charge >= 0.3 is 0 Å². The molecule has 0 aliphatic heterocycles. The summed E-state index contributed by atoms with van der Waals surface area (Å²) in [4.78, 5) is 0. The van der Waals surface area contributed by atoms with Crippen molar-refractivity contribution in [2.45, 2.75) is 13.8 Å². The molecule has 2 rings (SSSR count). The molecular weight excluding hydrogens is 454 g/mol. The van der Waals surface area contributed by atoms with Crippen molar-refractivity contribution in [3.8, 4) is 11.5 Å². The number of hydrogen-bond donors (Lipinski definition) is 2. The molecule has 0 saturated heterocycles. The van der Waals surface area contributed by atoms with Gasteiger partial charge in [-0.3, -0.25) is 0 Å². The zero-order valence-electron chi connectivity index (χ0n) is 14.3. The quantitative estimate of drug-likeness (QED) is 0.413. The van der Waals surface area contributed by atoms with Crippen molar-refractivity contribution in [1.82, 2.24) is 0 Å². The average Bonchev–Trinajstić information content (AvgIpc) is 2.52. The molecule has 2 aromatic rings. The number of anilines is 2. The number of ether oxygens (including phenoxy) is 2. The molecule has 0 unspecified atom stereocenters. The van der Waals surface area contributed by atoms with Crippen LogP contribution in [0.2, 0.25) is 0 Å². The van der Waals surface area contributed by atoms with Crippen molar-refractivity contribution >= 4 is 28.7 Å². The molecule has 1 radical (unpaired) electrons. The first-order valence-corrected chi connectivity index (χ1v) is 7.65. The topological polar surface area (TPSA) is 42.5 Å². The molecule has 0 fully saturated rings. The van der Waals surface area contributed by atoms with Crippen molar-refractivity contribution in [1.29, 1.82) is 0 Å². The first-order chi connectivity index (χ1) is 10.7. The number of thiocarbonyl (C=S) groups is 1. The molecule has 0 bridgehead atoms. The zero-order valence-corrected chi connectivity index (χ0v) is 18.8. The van der Waals surface area contributed by atoms with E-state index in [-0.39, 0.29) is 55.8 Å². The van der Waals surface area contributed by atoms with Crippen molar-refractivity contribution in [3.05, 3.63) is 48.5 Å². The molecule has 26 heavy (non-hydrogen) atoms. The maximum atomic E-state index is 5.40. The minimum absolute atomic E-state index is 0. The largest absolute Gasteiger partial charge is 1.00 e. The van der Waals surface area contributed by atoms with E-state index in [2.05, 4.69) is 10.6 Å². The monoisotopic (exact) mass is 472 g/mol. The van der Waals surface area contributed by atoms with Crippen LogP contribution in [-0.4, -0.2) is 18.3 Å². The Hall–Kier alpha value is -0.816. The number of nitrogens with one attached hydrogen (secondary N) is 2. The van der Waals surface area contributed by atoms with E-state index >= 15 is 0 Å². The van der Waals surface area contributed by atoms with Crippen molar-refractivity contribution in [2.24, 2.45) is 0 Å². The van der Waals surface area contributed by atoms with Crippen LogP contribution >= 0.6 is 12.2 Å². The molecule has 2 N–H and O–H groups in total. The fraction of sp³-hybridized carbons (Fsp3) is 0.235. The van der Waals surface area contributed by atoms with Crippen molar-refractivity contribution < 1.29 is 65.3 Å². The first kappa shape index (κ1) is 29.9. The Morgan fingerprint density at radius 1 is 0.731 bits per heavy atom. The number of rotatable bonds is 6. The molecule has 0 spiro atoms. The van der Waals surface area contributed by atoms with Crippen LogP contribution in [0.4, 0.5) is 11.4 Å². The molecule has 0 amide bonds. The van der Waals surface area contributed by atoms with Crippen molar-refractivity contribution in [2.75, 3.05) is 23.8 Å². The third-order valence-corrected chi connectivity index (χ3v) is 3.05. The maximum absolute atomic E-state index is 5.40. The molecule has 4 nitrogen and oxygen atoms in total. The summed E-state index contributed by atoms with van der Waals surface area (Å²) in [5.41, 5.74) is 1.82. The fourth-order valence-corrected chi connectivity index (χ4v) is 2.13. The Morgan fingerprint density at radius 3 is 1.31 bits per heavy atom. The predicted octanol–water partition coefficient (Wildman–Crippen LogP) is -4.70. The third kappa shape index (κ3) is 10.4. The maximum Gasteiger partial charge on any atom is 0.175 e. The van der Waals surface area contributed by atoms with Gasteiger partial charge in [0.2, 0.25) is 0 Å². The Morgan fingerprint density at radius 2 is 1.04 bits per heavy atom. The number of benzene rings is 2. The fourth-order valence-electron chi connectivity index (χ4n) is 1.90. The zero-order chi connectivity index (χ0) is 15.8. The minimum Gasteiger partial charge on any atom is -1.00 e. The van der Waals surface area contributed by atoms with Gasteiger partial charge in [-0.25, -0.2) is 0 Å². The van der Waals surface area contributed by atoms with Gasteiger partial charge in [0, 0.05) is 29.9 Å². The van der Waals surface area contributed by atoms with Gasteiger partial charge in [0.25, 0.3) is 0 Å². The van der Waals surface area contributed by atoms with E-state index in [0.717, 1.165) is 22.9 Å². The second kappa shape index (κ2) is 16.4. The van der Waals surface area contributed by atoms with Gasteiger partial charge in [-0.1, -0.05) is 0 Å². The summed E-state index contributed by atoms with van der Waals surface area (Å²) < 4.78 is 10.8. The second-order valence-corrected chi connectivity index (χ2v) is 4.90. The summed E-state index contributed by atoms with van der Waals surface area (Å²) in [6, 6.07) is 15.3. The molecule has 9 heteroatoms. The van der Waals surface area contributed by atoms with Crippen molar-refractivity contribution in [3.63, 3.8) is 0 Å². The standard InChI is InChI=1S/C17H20N2O2S.3ClH.V/c1-3-20-15-9-5-13(6-10-15)18-17(22)19-14-7-11-16(12-8-14)21-4-2;;;;/h5-12H,3-4H2,1-2H3,(H2,18,19,22);3*1H;/p-3. The van der Waals surface area contributed by atoms with Crippen LogP contribution in [0.3, 0.4) is 0 Å². The van der Waals surface area contributed by atoms with Crippen LogP contribution in [0.15, 0.2) is 48.5 Å². The smallest absolute Gasteiger partial charge is 0.175 e. The van der Waals surface area contributed by atoms with E-state index in [9.17, 15) is 0 Å². The summed E-state index contributed by atoms with van der Waals surface area (Å²) in [5, 5.41) is 6.80. The normalized spacial score (nSPS) is 8.38. The van der Waals surface area contributed by atoms with Crippen LogP contribution in [0.5, 0.6) is 11.5 Å². The molecule has 0 aliphatic rings. The van der Waals surface area contributed by atoms with Gasteiger partial charge in [-0.15, -0.1) is 0 Å². The van der Waals surface area contributed by atoms with E-state index in [1.165, 1.54) is 0 Å². The van der Waals surface area contributed by atoms with Gasteiger partial charge in [0.05, 0.1) is 13.2 Å². The van der Waals surface area contributed by atoms with Crippen LogP contribution in [0.1, 0.15) is 13.8 Å². The van der Waals surface area contributed by atoms with Crippen LogP contribution in [-0.2, 0) is 18.6 Å². The minimum atomic E-state index is 0. The van der Waals surface area contributed by atoms with Crippen LogP contribution < -0.4 is 57.3 Å². The Bertz CT molecular complexity index is 563. The summed E-state index contributed by atoms with van der Waals surface area (Å²) in [5.74, 6) is 1.69. The third-order valence-electron chi connectivity index (χ3n) is 2.85. The Labute approximate surface area is 190 Å².